The Morgan fingerprint density at radius 1 is 1.11 bits per heavy atom. The molecule has 0 aliphatic carbocycles. The largest absolute Gasteiger partial charge is 0.465 e. The fraction of sp³-hybridized carbons (Fsp3) is 0.190. The Morgan fingerprint density at radius 2 is 1.81 bits per heavy atom. The molecular formula is C21H18ClNO4. The van der Waals surface area contributed by atoms with Crippen LogP contribution in [0.25, 0.3) is 10.9 Å². The molecule has 0 aliphatic heterocycles. The molecule has 0 fully saturated rings. The number of benzene rings is 2. The number of esters is 1. The van der Waals surface area contributed by atoms with Crippen LogP contribution in [0, 0.1) is 5.92 Å². The predicted octanol–water partition coefficient (Wildman–Crippen LogP) is 3.79. The molecule has 1 N–H and O–H groups in total. The molecule has 0 saturated carbocycles. The number of hydrogen-bond acceptors (Lipinski definition) is 4. The zero-order chi connectivity index (χ0) is 19.4. The fourth-order valence-electron chi connectivity index (χ4n) is 3.01. The molecule has 0 amide bonds. The van der Waals surface area contributed by atoms with Crippen LogP contribution in [0.2, 0.25) is 5.02 Å². The second-order valence-corrected chi connectivity index (χ2v) is 6.52. The molecule has 2 aromatic carbocycles. The first kappa shape index (κ1) is 18.9. The van der Waals surface area contributed by atoms with Gasteiger partial charge in [-0.3, -0.25) is 14.4 Å². The van der Waals surface area contributed by atoms with E-state index in [1.807, 2.05) is 18.2 Å². The summed E-state index contributed by atoms with van der Waals surface area (Å²) in [7, 11) is 0. The van der Waals surface area contributed by atoms with Crippen molar-refractivity contribution in [2.75, 3.05) is 6.61 Å². The van der Waals surface area contributed by atoms with Crippen LogP contribution in [-0.2, 0) is 16.0 Å². The van der Waals surface area contributed by atoms with Crippen molar-refractivity contribution in [3.8, 4) is 0 Å². The molecule has 0 spiro atoms. The Kier molecular flexibility index (Phi) is 5.72. The summed E-state index contributed by atoms with van der Waals surface area (Å²) in [5.74, 6) is -2.02. The average Bonchev–Trinajstić information content (AvgIpc) is 2.66. The first-order chi connectivity index (χ1) is 13.0. The number of fused-ring (bicyclic) bond motifs is 1. The van der Waals surface area contributed by atoms with Crippen LogP contribution in [0.3, 0.4) is 0 Å². The van der Waals surface area contributed by atoms with Gasteiger partial charge in [-0.15, -0.1) is 0 Å². The standard InChI is InChI=1S/C21H18ClNO4/c1-2-27-21(26)17(20(25)13-7-9-15(22)10-8-13)11-14-12-19(24)23-18-6-4-3-5-16(14)18/h3-10,12,17H,2,11H2,1H3,(H,23,24). The second kappa shape index (κ2) is 8.18. The number of H-pyrrole nitrogens is 1. The van der Waals surface area contributed by atoms with Crippen molar-refractivity contribution in [2.24, 2.45) is 5.92 Å². The van der Waals surface area contributed by atoms with Crippen molar-refractivity contribution >= 4 is 34.3 Å². The molecule has 3 aromatic rings. The highest BCUT2D eigenvalue weighted by molar-refractivity contribution is 6.30. The minimum atomic E-state index is -1.05. The van der Waals surface area contributed by atoms with E-state index in [4.69, 9.17) is 16.3 Å². The van der Waals surface area contributed by atoms with Crippen LogP contribution in [0.4, 0.5) is 0 Å². The van der Waals surface area contributed by atoms with Gasteiger partial charge < -0.3 is 9.72 Å². The lowest BCUT2D eigenvalue weighted by Gasteiger charge is -2.16. The minimum absolute atomic E-state index is 0.0741. The molecule has 5 nitrogen and oxygen atoms in total. The first-order valence-electron chi connectivity index (χ1n) is 8.57. The number of aromatic amines is 1. The van der Waals surface area contributed by atoms with Crippen molar-refractivity contribution in [3.05, 3.63) is 81.1 Å². The van der Waals surface area contributed by atoms with E-state index in [1.54, 1.807) is 37.3 Å². The number of pyridine rings is 1. The number of rotatable bonds is 6. The lowest BCUT2D eigenvalue weighted by molar-refractivity contribution is -0.146. The van der Waals surface area contributed by atoms with E-state index in [0.717, 1.165) is 5.39 Å². The lowest BCUT2D eigenvalue weighted by Crippen LogP contribution is -2.29. The first-order valence-corrected chi connectivity index (χ1v) is 8.94. The molecule has 3 rings (SSSR count). The third-order valence-corrected chi connectivity index (χ3v) is 4.53. The van der Waals surface area contributed by atoms with Gasteiger partial charge in [-0.25, -0.2) is 0 Å². The number of hydrogen-bond donors (Lipinski definition) is 1. The fourth-order valence-corrected chi connectivity index (χ4v) is 3.13. The zero-order valence-electron chi connectivity index (χ0n) is 14.7. The van der Waals surface area contributed by atoms with Crippen LogP contribution < -0.4 is 5.56 Å². The van der Waals surface area contributed by atoms with Crippen molar-refractivity contribution < 1.29 is 14.3 Å². The lowest BCUT2D eigenvalue weighted by atomic mass is 9.90. The second-order valence-electron chi connectivity index (χ2n) is 6.08. The maximum atomic E-state index is 13.0. The number of carbonyl (C=O) groups excluding carboxylic acids is 2. The number of Topliss-reactive ketones (excluding diaryl/α,β-unsaturated/α-hetero) is 1. The van der Waals surface area contributed by atoms with E-state index in [2.05, 4.69) is 4.98 Å². The van der Waals surface area contributed by atoms with Gasteiger partial charge in [0.25, 0.3) is 0 Å². The molecule has 138 valence electrons. The summed E-state index contributed by atoms with van der Waals surface area (Å²) in [5, 5.41) is 1.29. The van der Waals surface area contributed by atoms with Crippen molar-refractivity contribution in [1.29, 1.82) is 0 Å². The number of halogens is 1. The molecule has 0 radical (unpaired) electrons. The highest BCUT2D eigenvalue weighted by Gasteiger charge is 2.30. The molecule has 0 bridgehead atoms. The average molecular weight is 384 g/mol. The Morgan fingerprint density at radius 3 is 2.52 bits per heavy atom. The predicted molar refractivity (Wildman–Crippen MR) is 104 cm³/mol. The zero-order valence-corrected chi connectivity index (χ0v) is 15.5. The quantitative estimate of drug-likeness (QED) is 0.399. The number of nitrogens with one attached hydrogen (secondary N) is 1. The molecule has 0 aliphatic rings. The van der Waals surface area contributed by atoms with Gasteiger partial charge in [0, 0.05) is 27.6 Å². The van der Waals surface area contributed by atoms with E-state index < -0.39 is 11.9 Å². The molecule has 27 heavy (non-hydrogen) atoms. The summed E-state index contributed by atoms with van der Waals surface area (Å²) in [6.07, 6.45) is 0.0741. The molecule has 1 heterocycles. The van der Waals surface area contributed by atoms with Gasteiger partial charge in [0.1, 0.15) is 5.92 Å². The molecule has 6 heteroatoms. The van der Waals surface area contributed by atoms with Crippen LogP contribution >= 0.6 is 11.6 Å². The Bertz CT molecular complexity index is 1040. The highest BCUT2D eigenvalue weighted by Crippen LogP contribution is 2.22. The van der Waals surface area contributed by atoms with E-state index in [0.29, 0.717) is 21.7 Å². The summed E-state index contributed by atoms with van der Waals surface area (Å²) in [6, 6.07) is 15.0. The van der Waals surface area contributed by atoms with Crippen LogP contribution in [0.15, 0.2) is 59.4 Å². The van der Waals surface area contributed by atoms with E-state index in [-0.39, 0.29) is 24.4 Å². The van der Waals surface area contributed by atoms with Gasteiger partial charge in [-0.1, -0.05) is 29.8 Å². The van der Waals surface area contributed by atoms with Crippen LogP contribution in [0.1, 0.15) is 22.8 Å². The maximum absolute atomic E-state index is 13.0. The number of aromatic nitrogens is 1. The number of ether oxygens (including phenoxy) is 1. The monoisotopic (exact) mass is 383 g/mol. The van der Waals surface area contributed by atoms with Crippen molar-refractivity contribution in [1.82, 2.24) is 4.98 Å². The van der Waals surface area contributed by atoms with Crippen molar-refractivity contribution in [2.45, 2.75) is 13.3 Å². The highest BCUT2D eigenvalue weighted by atomic mass is 35.5. The number of ketones is 1. The minimum Gasteiger partial charge on any atom is -0.465 e. The summed E-state index contributed by atoms with van der Waals surface area (Å²) in [6.45, 7) is 1.85. The third kappa shape index (κ3) is 4.26. The van der Waals surface area contributed by atoms with E-state index >= 15 is 0 Å². The van der Waals surface area contributed by atoms with E-state index in [9.17, 15) is 14.4 Å². The molecule has 0 saturated heterocycles. The Labute approximate surface area is 160 Å². The van der Waals surface area contributed by atoms with Gasteiger partial charge >= 0.3 is 5.97 Å². The Balaban J connectivity index is 2.02. The summed E-state index contributed by atoms with van der Waals surface area (Å²) in [5.41, 5.74) is 1.35. The smallest absolute Gasteiger partial charge is 0.317 e. The third-order valence-electron chi connectivity index (χ3n) is 4.28. The van der Waals surface area contributed by atoms with Gasteiger partial charge in [0.05, 0.1) is 6.61 Å². The Hall–Kier alpha value is -2.92. The number of carbonyl (C=O) groups is 2. The SMILES string of the molecule is CCOC(=O)C(Cc1cc(=O)[nH]c2ccccc12)C(=O)c1ccc(Cl)cc1. The van der Waals surface area contributed by atoms with Gasteiger partial charge in [0.2, 0.25) is 5.56 Å². The van der Waals surface area contributed by atoms with E-state index in [1.165, 1.54) is 6.07 Å². The molecular weight excluding hydrogens is 366 g/mol. The maximum Gasteiger partial charge on any atom is 0.317 e. The van der Waals surface area contributed by atoms with Crippen molar-refractivity contribution in [3.63, 3.8) is 0 Å². The number of para-hydroxylation sites is 1. The van der Waals surface area contributed by atoms with Gasteiger partial charge in [-0.2, -0.15) is 0 Å². The summed E-state index contributed by atoms with van der Waals surface area (Å²) < 4.78 is 5.11. The summed E-state index contributed by atoms with van der Waals surface area (Å²) >= 11 is 5.88. The molecule has 1 atom stereocenters. The summed E-state index contributed by atoms with van der Waals surface area (Å²) in [4.78, 5) is 40.2. The van der Waals surface area contributed by atoms with Gasteiger partial charge in [0.15, 0.2) is 5.78 Å². The molecule has 1 aromatic heterocycles. The van der Waals surface area contributed by atoms with Gasteiger partial charge in [-0.05, 0) is 49.2 Å². The normalized spacial score (nSPS) is 11.9. The molecule has 1 unspecified atom stereocenters. The van der Waals surface area contributed by atoms with Crippen LogP contribution in [-0.4, -0.2) is 23.3 Å². The van der Waals surface area contributed by atoms with Crippen LogP contribution in [0.5, 0.6) is 0 Å². The topological polar surface area (TPSA) is 76.2 Å².